The lowest BCUT2D eigenvalue weighted by Gasteiger charge is -2.16. The van der Waals surface area contributed by atoms with E-state index in [0.717, 1.165) is 0 Å². The summed E-state index contributed by atoms with van der Waals surface area (Å²) in [4.78, 5) is 16.1. The van der Waals surface area contributed by atoms with E-state index in [1.54, 1.807) is 18.3 Å². The molecule has 0 aliphatic heterocycles. The summed E-state index contributed by atoms with van der Waals surface area (Å²) in [6.07, 6.45) is 1.70. The summed E-state index contributed by atoms with van der Waals surface area (Å²) in [5.41, 5.74) is 0. The Bertz CT molecular complexity index is 514. The Morgan fingerprint density at radius 2 is 1.95 bits per heavy atom. The molecule has 1 amide bonds. The molecule has 0 spiro atoms. The van der Waals surface area contributed by atoms with E-state index in [0.29, 0.717) is 18.0 Å². The van der Waals surface area contributed by atoms with E-state index in [-0.39, 0.29) is 5.91 Å². The summed E-state index contributed by atoms with van der Waals surface area (Å²) in [5.74, 6) is 1.03. The highest BCUT2D eigenvalue weighted by Gasteiger charge is 2.18. The van der Waals surface area contributed by atoms with Gasteiger partial charge in [0.25, 0.3) is 5.91 Å². The lowest BCUT2D eigenvalue weighted by atomic mass is 10.2. The Kier molecular flexibility index (Phi) is 4.50. The van der Waals surface area contributed by atoms with E-state index < -0.39 is 6.10 Å². The zero-order valence-electron chi connectivity index (χ0n) is 10.7. The van der Waals surface area contributed by atoms with Crippen molar-refractivity contribution in [1.82, 2.24) is 4.98 Å². The summed E-state index contributed by atoms with van der Waals surface area (Å²) in [6, 6.07) is 14.7. The van der Waals surface area contributed by atoms with Crippen LogP contribution >= 0.6 is 0 Å². The topological polar surface area (TPSA) is 51.2 Å². The second-order valence-corrected chi connectivity index (χ2v) is 4.03. The molecule has 1 aromatic carbocycles. The van der Waals surface area contributed by atoms with Gasteiger partial charge in [0.1, 0.15) is 11.6 Å². The second kappa shape index (κ2) is 6.54. The SMILES string of the molecule is CC[C@@H](Oc1ccccc1)C(=O)Nc1ccccn1. The minimum Gasteiger partial charge on any atom is -0.481 e. The summed E-state index contributed by atoms with van der Waals surface area (Å²) < 4.78 is 5.66. The Morgan fingerprint density at radius 3 is 2.58 bits per heavy atom. The predicted molar refractivity (Wildman–Crippen MR) is 74.0 cm³/mol. The lowest BCUT2D eigenvalue weighted by Crippen LogP contribution is -2.32. The molecule has 0 aliphatic rings. The Labute approximate surface area is 112 Å². The smallest absolute Gasteiger partial charge is 0.266 e. The first kappa shape index (κ1) is 13.1. The van der Waals surface area contributed by atoms with E-state index in [1.807, 2.05) is 43.3 Å². The van der Waals surface area contributed by atoms with Crippen LogP contribution in [0.4, 0.5) is 5.82 Å². The monoisotopic (exact) mass is 256 g/mol. The molecule has 1 N–H and O–H groups in total. The van der Waals surface area contributed by atoms with Crippen molar-refractivity contribution in [3.63, 3.8) is 0 Å². The molecule has 1 aromatic heterocycles. The fourth-order valence-electron chi connectivity index (χ4n) is 1.63. The maximum atomic E-state index is 12.1. The van der Waals surface area contributed by atoms with Gasteiger partial charge in [0.05, 0.1) is 0 Å². The first-order chi connectivity index (χ1) is 9.29. The van der Waals surface area contributed by atoms with Crippen molar-refractivity contribution in [3.8, 4) is 5.75 Å². The summed E-state index contributed by atoms with van der Waals surface area (Å²) >= 11 is 0. The summed E-state index contributed by atoms with van der Waals surface area (Å²) in [7, 11) is 0. The number of para-hydroxylation sites is 1. The Morgan fingerprint density at radius 1 is 1.21 bits per heavy atom. The van der Waals surface area contributed by atoms with Crippen molar-refractivity contribution in [2.45, 2.75) is 19.4 Å². The molecule has 2 aromatic rings. The molecule has 0 unspecified atom stereocenters. The molecule has 0 bridgehead atoms. The van der Waals surface area contributed by atoms with Gasteiger partial charge in [-0.3, -0.25) is 4.79 Å². The van der Waals surface area contributed by atoms with Crippen molar-refractivity contribution in [3.05, 3.63) is 54.7 Å². The zero-order chi connectivity index (χ0) is 13.5. The number of rotatable bonds is 5. The van der Waals surface area contributed by atoms with Gasteiger partial charge in [-0.15, -0.1) is 0 Å². The number of hydrogen-bond donors (Lipinski definition) is 1. The van der Waals surface area contributed by atoms with Gasteiger partial charge in [-0.1, -0.05) is 31.2 Å². The average Bonchev–Trinajstić information content (AvgIpc) is 2.47. The highest BCUT2D eigenvalue weighted by atomic mass is 16.5. The van der Waals surface area contributed by atoms with E-state index in [9.17, 15) is 4.79 Å². The number of amides is 1. The average molecular weight is 256 g/mol. The maximum absolute atomic E-state index is 12.1. The highest BCUT2D eigenvalue weighted by molar-refractivity contribution is 5.93. The molecule has 0 aliphatic carbocycles. The summed E-state index contributed by atoms with van der Waals surface area (Å²) in [5, 5.41) is 2.74. The van der Waals surface area contributed by atoms with Crippen molar-refractivity contribution in [1.29, 1.82) is 0 Å². The highest BCUT2D eigenvalue weighted by Crippen LogP contribution is 2.13. The maximum Gasteiger partial charge on any atom is 0.266 e. The van der Waals surface area contributed by atoms with Crippen LogP contribution < -0.4 is 10.1 Å². The molecule has 0 saturated carbocycles. The molecular weight excluding hydrogens is 240 g/mol. The van der Waals surface area contributed by atoms with Crippen LogP contribution in [0.3, 0.4) is 0 Å². The third-order valence-corrected chi connectivity index (χ3v) is 2.60. The van der Waals surface area contributed by atoms with Gasteiger partial charge < -0.3 is 10.1 Å². The van der Waals surface area contributed by atoms with Gasteiger partial charge >= 0.3 is 0 Å². The molecule has 1 atom stereocenters. The second-order valence-electron chi connectivity index (χ2n) is 4.03. The molecule has 0 fully saturated rings. The zero-order valence-corrected chi connectivity index (χ0v) is 10.7. The number of nitrogens with one attached hydrogen (secondary N) is 1. The van der Waals surface area contributed by atoms with Gasteiger partial charge in [0, 0.05) is 6.20 Å². The number of hydrogen-bond acceptors (Lipinski definition) is 3. The standard InChI is InChI=1S/C15H16N2O2/c1-2-13(19-12-8-4-3-5-9-12)15(18)17-14-10-6-7-11-16-14/h3-11,13H,2H2,1H3,(H,16,17,18)/t13-/m1/s1. The molecule has 4 nitrogen and oxygen atoms in total. The molecule has 98 valence electrons. The van der Waals surface area contributed by atoms with Crippen LogP contribution in [-0.2, 0) is 4.79 Å². The van der Waals surface area contributed by atoms with E-state index in [2.05, 4.69) is 10.3 Å². The van der Waals surface area contributed by atoms with Crippen LogP contribution in [0.25, 0.3) is 0 Å². The van der Waals surface area contributed by atoms with Crippen molar-refractivity contribution < 1.29 is 9.53 Å². The number of ether oxygens (including phenoxy) is 1. The van der Waals surface area contributed by atoms with Gasteiger partial charge in [-0.25, -0.2) is 4.98 Å². The summed E-state index contributed by atoms with van der Waals surface area (Å²) in [6.45, 7) is 1.91. The van der Waals surface area contributed by atoms with Gasteiger partial charge in [-0.2, -0.15) is 0 Å². The number of pyridine rings is 1. The third kappa shape index (κ3) is 3.81. The van der Waals surface area contributed by atoms with Crippen LogP contribution in [0.5, 0.6) is 5.75 Å². The molecule has 19 heavy (non-hydrogen) atoms. The van der Waals surface area contributed by atoms with Crippen LogP contribution in [0.1, 0.15) is 13.3 Å². The van der Waals surface area contributed by atoms with Crippen LogP contribution in [0.15, 0.2) is 54.7 Å². The normalized spacial score (nSPS) is 11.6. The predicted octanol–water partition coefficient (Wildman–Crippen LogP) is 2.88. The number of anilines is 1. The van der Waals surface area contributed by atoms with Crippen molar-refractivity contribution in [2.75, 3.05) is 5.32 Å². The molecule has 1 heterocycles. The van der Waals surface area contributed by atoms with E-state index >= 15 is 0 Å². The first-order valence-corrected chi connectivity index (χ1v) is 6.23. The van der Waals surface area contributed by atoms with E-state index in [1.165, 1.54) is 0 Å². The fraction of sp³-hybridized carbons (Fsp3) is 0.200. The molecule has 2 rings (SSSR count). The van der Waals surface area contributed by atoms with Crippen LogP contribution in [0, 0.1) is 0 Å². The molecule has 0 saturated heterocycles. The Balaban J connectivity index is 2.00. The minimum atomic E-state index is -0.524. The third-order valence-electron chi connectivity index (χ3n) is 2.60. The number of aromatic nitrogens is 1. The number of nitrogens with zero attached hydrogens (tertiary/aromatic N) is 1. The van der Waals surface area contributed by atoms with Gasteiger partial charge in [0.15, 0.2) is 6.10 Å². The fourth-order valence-corrected chi connectivity index (χ4v) is 1.63. The number of benzene rings is 1. The molecule has 4 heteroatoms. The quantitative estimate of drug-likeness (QED) is 0.895. The first-order valence-electron chi connectivity index (χ1n) is 6.23. The van der Waals surface area contributed by atoms with E-state index in [4.69, 9.17) is 4.74 Å². The Hall–Kier alpha value is -2.36. The molecule has 0 radical (unpaired) electrons. The number of carbonyl (C=O) groups excluding carboxylic acids is 1. The van der Waals surface area contributed by atoms with Crippen LogP contribution in [-0.4, -0.2) is 17.0 Å². The minimum absolute atomic E-state index is 0.190. The van der Waals surface area contributed by atoms with Gasteiger partial charge in [-0.05, 0) is 30.7 Å². The largest absolute Gasteiger partial charge is 0.481 e. The number of carbonyl (C=O) groups is 1. The lowest BCUT2D eigenvalue weighted by molar-refractivity contribution is -0.122. The van der Waals surface area contributed by atoms with Crippen LogP contribution in [0.2, 0.25) is 0 Å². The molecular formula is C15H16N2O2. The van der Waals surface area contributed by atoms with Crippen molar-refractivity contribution >= 4 is 11.7 Å². The van der Waals surface area contributed by atoms with Crippen molar-refractivity contribution in [2.24, 2.45) is 0 Å². The van der Waals surface area contributed by atoms with Gasteiger partial charge in [0.2, 0.25) is 0 Å².